The maximum Gasteiger partial charge on any atom is 0.406 e. The summed E-state index contributed by atoms with van der Waals surface area (Å²) in [5, 5.41) is 23.5. The Kier molecular flexibility index (Phi) is 9.59. The Hall–Kier alpha value is -2.64. The van der Waals surface area contributed by atoms with Crippen molar-refractivity contribution < 1.29 is 38.1 Å². The number of esters is 1. The molecule has 3 rings (SSSR count). The minimum atomic E-state index is -4.19. The standard InChI is InChI=1S/C23H33N4O9P/c1-13(2)35-22(30)15(4)26-37(32,33-11-16-8-6-5-7-14(16)3)34-12-17-19(28)20(29)21(36-17)27-10-9-18(24)25-23(27)31/h5-10,13,15,17,19-21,28-29H,11-12H2,1-4H3,(H,26,32)(H2,24,25,31)/t15-,17-,19-,20+,21-,37-/m1/s1. The molecule has 1 aliphatic heterocycles. The lowest BCUT2D eigenvalue weighted by atomic mass is 10.1. The molecule has 1 aromatic heterocycles. The van der Waals surface area contributed by atoms with Gasteiger partial charge in [-0.25, -0.2) is 14.4 Å². The minimum absolute atomic E-state index is 0.0166. The van der Waals surface area contributed by atoms with Crippen LogP contribution in [0.25, 0.3) is 0 Å². The Morgan fingerprint density at radius 2 is 1.92 bits per heavy atom. The zero-order valence-electron chi connectivity index (χ0n) is 21.0. The molecule has 0 bridgehead atoms. The van der Waals surface area contributed by atoms with Gasteiger partial charge in [0.2, 0.25) is 0 Å². The van der Waals surface area contributed by atoms with Gasteiger partial charge < -0.3 is 25.4 Å². The fourth-order valence-electron chi connectivity index (χ4n) is 3.55. The molecule has 0 unspecified atom stereocenters. The lowest BCUT2D eigenvalue weighted by molar-refractivity contribution is -0.149. The third-order valence-electron chi connectivity index (χ3n) is 5.58. The zero-order chi connectivity index (χ0) is 27.3. The number of rotatable bonds is 11. The molecule has 6 atom stereocenters. The predicted molar refractivity (Wildman–Crippen MR) is 132 cm³/mol. The minimum Gasteiger partial charge on any atom is -0.462 e. The van der Waals surface area contributed by atoms with Crippen LogP contribution in [0.1, 0.15) is 38.1 Å². The number of carbonyl (C=O) groups excluding carboxylic acids is 1. The van der Waals surface area contributed by atoms with E-state index in [0.717, 1.165) is 15.7 Å². The Bertz CT molecular complexity index is 1190. The van der Waals surface area contributed by atoms with E-state index in [0.29, 0.717) is 0 Å². The van der Waals surface area contributed by atoms with Crippen LogP contribution < -0.4 is 16.5 Å². The highest BCUT2D eigenvalue weighted by atomic mass is 31.2. The van der Waals surface area contributed by atoms with Gasteiger partial charge in [0.25, 0.3) is 0 Å². The number of anilines is 1. The fraction of sp³-hybridized carbons (Fsp3) is 0.522. The quantitative estimate of drug-likeness (QED) is 0.235. The number of aliphatic hydroxyl groups is 2. The van der Waals surface area contributed by atoms with E-state index in [1.165, 1.54) is 19.2 Å². The van der Waals surface area contributed by atoms with Gasteiger partial charge in [0.05, 0.1) is 19.3 Å². The first-order valence-electron chi connectivity index (χ1n) is 11.7. The number of nitrogens with zero attached hydrogens (tertiary/aromatic N) is 2. The summed E-state index contributed by atoms with van der Waals surface area (Å²) < 4.78 is 36.6. The summed E-state index contributed by atoms with van der Waals surface area (Å²) in [5.41, 5.74) is 6.35. The summed E-state index contributed by atoms with van der Waals surface area (Å²) >= 11 is 0. The first-order valence-corrected chi connectivity index (χ1v) is 13.2. The Labute approximate surface area is 214 Å². The molecule has 0 amide bonds. The Morgan fingerprint density at radius 1 is 1.22 bits per heavy atom. The molecule has 37 heavy (non-hydrogen) atoms. The second-order valence-electron chi connectivity index (χ2n) is 8.92. The molecule has 2 aromatic rings. The third kappa shape index (κ3) is 7.45. The topological polar surface area (TPSA) is 184 Å². The maximum absolute atomic E-state index is 13.6. The molecule has 14 heteroatoms. The molecule has 2 heterocycles. The summed E-state index contributed by atoms with van der Waals surface area (Å²) in [6.45, 7) is 6.05. The van der Waals surface area contributed by atoms with Crippen LogP contribution in [0.5, 0.6) is 0 Å². The lowest BCUT2D eigenvalue weighted by Crippen LogP contribution is -2.37. The first kappa shape index (κ1) is 28.9. The van der Waals surface area contributed by atoms with Gasteiger partial charge in [0.1, 0.15) is 30.2 Å². The van der Waals surface area contributed by atoms with Gasteiger partial charge >= 0.3 is 19.4 Å². The molecule has 204 valence electrons. The second-order valence-corrected chi connectivity index (χ2v) is 10.7. The number of nitrogens with two attached hydrogens (primary N) is 1. The van der Waals surface area contributed by atoms with E-state index in [-0.39, 0.29) is 12.4 Å². The number of benzene rings is 1. The van der Waals surface area contributed by atoms with E-state index >= 15 is 0 Å². The number of aliphatic hydroxyl groups excluding tert-OH is 2. The van der Waals surface area contributed by atoms with Crippen LogP contribution in [0.2, 0.25) is 0 Å². The molecule has 0 radical (unpaired) electrons. The Balaban J connectivity index is 1.74. The van der Waals surface area contributed by atoms with Crippen molar-refractivity contribution in [3.05, 3.63) is 58.1 Å². The summed E-state index contributed by atoms with van der Waals surface area (Å²) in [7, 11) is -4.19. The number of nitrogen functional groups attached to an aromatic ring is 1. The van der Waals surface area contributed by atoms with Crippen LogP contribution in [0.3, 0.4) is 0 Å². The van der Waals surface area contributed by atoms with Crippen LogP contribution in [-0.2, 0) is 34.5 Å². The molecule has 1 saturated heterocycles. The number of carbonyl (C=O) groups is 1. The molecule has 1 aromatic carbocycles. The molecular formula is C23H33N4O9P. The van der Waals surface area contributed by atoms with Crippen molar-refractivity contribution in [2.45, 2.75) is 71.0 Å². The molecule has 1 fully saturated rings. The molecule has 0 spiro atoms. The highest BCUT2D eigenvalue weighted by Crippen LogP contribution is 2.46. The zero-order valence-corrected chi connectivity index (χ0v) is 21.9. The number of hydrogen-bond donors (Lipinski definition) is 4. The second kappa shape index (κ2) is 12.3. The highest BCUT2D eigenvalue weighted by Gasteiger charge is 2.45. The normalized spacial score (nSPS) is 24.1. The van der Waals surface area contributed by atoms with Gasteiger partial charge in [-0.2, -0.15) is 4.98 Å². The van der Waals surface area contributed by atoms with E-state index in [4.69, 9.17) is 24.3 Å². The number of aromatic nitrogens is 2. The summed E-state index contributed by atoms with van der Waals surface area (Å²) in [6.07, 6.45) is -4.62. The average molecular weight is 541 g/mol. The van der Waals surface area contributed by atoms with Crippen LogP contribution >= 0.6 is 7.75 Å². The summed E-state index contributed by atoms with van der Waals surface area (Å²) in [4.78, 5) is 28.1. The maximum atomic E-state index is 13.6. The number of aryl methyl sites for hydroxylation is 1. The highest BCUT2D eigenvalue weighted by molar-refractivity contribution is 7.51. The van der Waals surface area contributed by atoms with E-state index < -0.39 is 62.7 Å². The fourth-order valence-corrected chi connectivity index (χ4v) is 5.01. The van der Waals surface area contributed by atoms with Crippen LogP contribution in [-0.4, -0.2) is 62.8 Å². The van der Waals surface area contributed by atoms with Gasteiger partial charge in [-0.1, -0.05) is 24.3 Å². The van der Waals surface area contributed by atoms with E-state index in [1.54, 1.807) is 26.0 Å². The van der Waals surface area contributed by atoms with Gasteiger partial charge in [0.15, 0.2) is 6.23 Å². The molecule has 0 saturated carbocycles. The van der Waals surface area contributed by atoms with Crippen molar-refractivity contribution in [1.82, 2.24) is 14.6 Å². The molecule has 1 aliphatic rings. The lowest BCUT2D eigenvalue weighted by Gasteiger charge is -2.25. The summed E-state index contributed by atoms with van der Waals surface area (Å²) in [5.74, 6) is -0.682. The monoisotopic (exact) mass is 540 g/mol. The predicted octanol–water partition coefficient (Wildman–Crippen LogP) is 1.02. The van der Waals surface area contributed by atoms with Crippen molar-refractivity contribution in [3.8, 4) is 0 Å². The van der Waals surface area contributed by atoms with Crippen LogP contribution in [0, 0.1) is 6.92 Å². The molecule has 13 nitrogen and oxygen atoms in total. The van der Waals surface area contributed by atoms with Gasteiger partial charge in [-0.3, -0.25) is 18.4 Å². The van der Waals surface area contributed by atoms with E-state index in [1.807, 2.05) is 19.1 Å². The first-order chi connectivity index (χ1) is 17.4. The van der Waals surface area contributed by atoms with Crippen LogP contribution in [0.4, 0.5) is 5.82 Å². The van der Waals surface area contributed by atoms with Gasteiger partial charge in [-0.05, 0) is 44.9 Å². The van der Waals surface area contributed by atoms with Gasteiger partial charge in [-0.15, -0.1) is 0 Å². The Morgan fingerprint density at radius 3 is 2.57 bits per heavy atom. The van der Waals surface area contributed by atoms with Crippen molar-refractivity contribution in [2.75, 3.05) is 12.3 Å². The molecule has 5 N–H and O–H groups in total. The molecule has 0 aliphatic carbocycles. The van der Waals surface area contributed by atoms with Crippen LogP contribution in [0.15, 0.2) is 41.3 Å². The number of ether oxygens (including phenoxy) is 2. The van der Waals surface area contributed by atoms with E-state index in [9.17, 15) is 24.4 Å². The van der Waals surface area contributed by atoms with E-state index in [2.05, 4.69) is 10.1 Å². The number of nitrogens with one attached hydrogen (secondary N) is 1. The smallest absolute Gasteiger partial charge is 0.406 e. The summed E-state index contributed by atoms with van der Waals surface area (Å²) in [6, 6.07) is 7.57. The average Bonchev–Trinajstić information content (AvgIpc) is 3.10. The SMILES string of the molecule is Cc1ccccc1CO[P@](=O)(N[C@H](C)C(=O)OC(C)C)OC[C@H]1O[C@@H](n2ccc(N)nc2=O)[C@@H](O)[C@@H]1O. The van der Waals surface area contributed by atoms with Crippen molar-refractivity contribution in [3.63, 3.8) is 0 Å². The van der Waals surface area contributed by atoms with Gasteiger partial charge in [0, 0.05) is 6.20 Å². The number of hydrogen-bond acceptors (Lipinski definition) is 11. The van der Waals surface area contributed by atoms with Crippen molar-refractivity contribution in [2.24, 2.45) is 0 Å². The van der Waals surface area contributed by atoms with Crippen molar-refractivity contribution in [1.29, 1.82) is 0 Å². The largest absolute Gasteiger partial charge is 0.462 e. The molecular weight excluding hydrogens is 507 g/mol. The van der Waals surface area contributed by atoms with Crippen molar-refractivity contribution >= 4 is 19.5 Å². The third-order valence-corrected chi connectivity index (χ3v) is 7.24.